The predicted octanol–water partition coefficient (Wildman–Crippen LogP) is -0.0218. The average molecular weight is 134 g/mol. The fourth-order valence-electron chi connectivity index (χ4n) is 0.0747. The smallest absolute Gasteiger partial charge is 0.449 e. The molecule has 2 N–H and O–H groups in total. The fraction of sp³-hybridized carbons (Fsp3) is 0. The Morgan fingerprint density at radius 3 is 1.38 bits per heavy atom. The first-order valence-electron chi connectivity index (χ1n) is 1.26. The van der Waals surface area contributed by atoms with Crippen LogP contribution in [0.15, 0.2) is 0 Å². The molecule has 0 bridgehead atoms. The van der Waals surface area contributed by atoms with Gasteiger partial charge in [-0.15, -0.1) is 0 Å². The highest BCUT2D eigenvalue weighted by molar-refractivity contribution is 5.75. The van der Waals surface area contributed by atoms with Gasteiger partial charge in [0.1, 0.15) is 0 Å². The minimum atomic E-state index is -1.81. The molecule has 0 saturated carbocycles. The van der Waals surface area contributed by atoms with Crippen molar-refractivity contribution in [3.8, 4) is 0 Å². The molecule has 0 aromatic rings. The summed E-state index contributed by atoms with van der Waals surface area (Å²) >= 11 is 0. The zero-order valence-electron chi connectivity index (χ0n) is 3.62. The van der Waals surface area contributed by atoms with E-state index in [9.17, 15) is 9.59 Å². The number of ether oxygens (including phenoxy) is 1. The van der Waals surface area contributed by atoms with E-state index in [0.717, 1.165) is 0 Å². The lowest BCUT2D eigenvalue weighted by molar-refractivity contribution is 0.0802. The van der Waals surface area contributed by atoms with Crippen molar-refractivity contribution in [3.63, 3.8) is 0 Å². The molecule has 44 valence electrons. The van der Waals surface area contributed by atoms with Crippen LogP contribution in [0.1, 0.15) is 0 Å². The number of rotatable bonds is 0. The molecule has 0 fully saturated rings. The molecule has 0 rings (SSSR count). The Morgan fingerprint density at radius 2 is 1.38 bits per heavy atom. The van der Waals surface area contributed by atoms with Gasteiger partial charge in [0.2, 0.25) is 0 Å². The molecule has 0 atom stereocenters. The van der Waals surface area contributed by atoms with Gasteiger partial charge in [0.05, 0.1) is 0 Å². The summed E-state index contributed by atoms with van der Waals surface area (Å²) in [6, 6.07) is 0. The maximum atomic E-state index is 9.21. The first kappa shape index (κ1) is 10.0. The van der Waals surface area contributed by atoms with E-state index in [1.165, 1.54) is 0 Å². The van der Waals surface area contributed by atoms with Gasteiger partial charge in [0.15, 0.2) is 0 Å². The van der Waals surface area contributed by atoms with Gasteiger partial charge in [0, 0.05) is 11.0 Å². The van der Waals surface area contributed by atoms with E-state index in [0.29, 0.717) is 0 Å². The Bertz CT molecular complexity index is 86.6. The molecule has 0 amide bonds. The van der Waals surface area contributed by atoms with Crippen LogP contribution >= 0.6 is 0 Å². The third kappa shape index (κ3) is 8.88. The summed E-state index contributed by atoms with van der Waals surface area (Å²) in [6.45, 7) is 0. The SMILES string of the molecule is O=C(O)OC(=O)O.[Si]. The zero-order valence-corrected chi connectivity index (χ0v) is 4.62. The van der Waals surface area contributed by atoms with Crippen molar-refractivity contribution in [3.05, 3.63) is 0 Å². The van der Waals surface area contributed by atoms with Crippen molar-refractivity contribution in [2.75, 3.05) is 0 Å². The van der Waals surface area contributed by atoms with Crippen molar-refractivity contribution in [2.24, 2.45) is 0 Å². The lowest BCUT2D eigenvalue weighted by atomic mass is 11.3. The number of carboxylic acid groups (broad SMARTS) is 2. The molecule has 0 aromatic carbocycles. The molecule has 0 aliphatic rings. The highest BCUT2D eigenvalue weighted by atomic mass is 28.1. The van der Waals surface area contributed by atoms with Crippen molar-refractivity contribution in [2.45, 2.75) is 0 Å². The van der Waals surface area contributed by atoms with Crippen LogP contribution in [0.5, 0.6) is 0 Å². The van der Waals surface area contributed by atoms with Gasteiger partial charge < -0.3 is 14.9 Å². The standard InChI is InChI=1S/C2H2O5.Si/c3-1(4)7-2(5)6;/h(H,3,4)(H,5,6);. The van der Waals surface area contributed by atoms with Gasteiger partial charge in [-0.2, -0.15) is 0 Å². The van der Waals surface area contributed by atoms with E-state index in [1.807, 2.05) is 0 Å². The van der Waals surface area contributed by atoms with E-state index in [1.54, 1.807) is 0 Å². The summed E-state index contributed by atoms with van der Waals surface area (Å²) < 4.78 is 3.08. The lowest BCUT2D eigenvalue weighted by Crippen LogP contribution is -2.05. The second-order valence-electron chi connectivity index (χ2n) is 0.634. The summed E-state index contributed by atoms with van der Waals surface area (Å²) in [7, 11) is 0. The van der Waals surface area contributed by atoms with Crippen LogP contribution in [0.2, 0.25) is 0 Å². The average Bonchev–Trinajstić information content (AvgIpc) is 1.27. The second kappa shape index (κ2) is 4.12. The molecule has 0 unspecified atom stereocenters. The summed E-state index contributed by atoms with van der Waals surface area (Å²) in [5.41, 5.74) is 0. The third-order valence-electron chi connectivity index (χ3n) is 0.175. The molecule has 8 heavy (non-hydrogen) atoms. The van der Waals surface area contributed by atoms with E-state index in [-0.39, 0.29) is 11.0 Å². The van der Waals surface area contributed by atoms with Gasteiger partial charge >= 0.3 is 12.3 Å². The van der Waals surface area contributed by atoms with E-state index in [4.69, 9.17) is 10.2 Å². The monoisotopic (exact) mass is 134 g/mol. The Labute approximate surface area is 48.9 Å². The maximum absolute atomic E-state index is 9.21. The summed E-state index contributed by atoms with van der Waals surface area (Å²) in [5, 5.41) is 15.0. The quantitative estimate of drug-likeness (QED) is 0.276. The van der Waals surface area contributed by atoms with Crippen molar-refractivity contribution < 1.29 is 24.5 Å². The molecule has 4 radical (unpaired) electrons. The second-order valence-corrected chi connectivity index (χ2v) is 0.634. The molecular weight excluding hydrogens is 132 g/mol. The highest BCUT2D eigenvalue weighted by Crippen LogP contribution is 1.73. The van der Waals surface area contributed by atoms with E-state index in [2.05, 4.69) is 4.74 Å². The summed E-state index contributed by atoms with van der Waals surface area (Å²) in [6.07, 6.45) is -3.62. The number of hydrogen-bond donors (Lipinski definition) is 2. The third-order valence-corrected chi connectivity index (χ3v) is 0.175. The topological polar surface area (TPSA) is 83.8 Å². The van der Waals surface area contributed by atoms with E-state index < -0.39 is 12.3 Å². The van der Waals surface area contributed by atoms with Crippen LogP contribution in [0.25, 0.3) is 0 Å². The summed E-state index contributed by atoms with van der Waals surface area (Å²) in [4.78, 5) is 18.4. The van der Waals surface area contributed by atoms with Gasteiger partial charge in [0.25, 0.3) is 0 Å². The van der Waals surface area contributed by atoms with Crippen LogP contribution in [-0.2, 0) is 4.74 Å². The van der Waals surface area contributed by atoms with E-state index >= 15 is 0 Å². The molecule has 0 aliphatic heterocycles. The minimum absolute atomic E-state index is 0. The largest absolute Gasteiger partial charge is 0.516 e. The molecular formula is C2H2O5Si. The highest BCUT2D eigenvalue weighted by Gasteiger charge is 2.01. The van der Waals surface area contributed by atoms with Gasteiger partial charge in [-0.3, -0.25) is 0 Å². The van der Waals surface area contributed by atoms with Crippen molar-refractivity contribution in [1.29, 1.82) is 0 Å². The molecule has 6 heteroatoms. The van der Waals surface area contributed by atoms with Gasteiger partial charge in [-0.25, -0.2) is 9.59 Å². The molecule has 5 nitrogen and oxygen atoms in total. The molecule has 0 saturated heterocycles. The molecule has 0 spiro atoms. The summed E-state index contributed by atoms with van der Waals surface area (Å²) in [5.74, 6) is 0. The normalized spacial score (nSPS) is 6.50. The molecule has 0 heterocycles. The van der Waals surface area contributed by atoms with Crippen LogP contribution in [-0.4, -0.2) is 33.5 Å². The lowest BCUT2D eigenvalue weighted by Gasteiger charge is -1.84. The maximum Gasteiger partial charge on any atom is 0.516 e. The van der Waals surface area contributed by atoms with Crippen molar-refractivity contribution >= 4 is 23.3 Å². The first-order chi connectivity index (χ1) is 3.13. The Kier molecular flexibility index (Phi) is 5.18. The minimum Gasteiger partial charge on any atom is -0.449 e. The Hall–Kier alpha value is -1.04. The number of carbonyl (C=O) groups is 2. The van der Waals surface area contributed by atoms with Crippen molar-refractivity contribution in [1.82, 2.24) is 0 Å². The number of hydrogen-bond acceptors (Lipinski definition) is 3. The molecule has 0 aromatic heterocycles. The van der Waals surface area contributed by atoms with Crippen LogP contribution < -0.4 is 0 Å². The van der Waals surface area contributed by atoms with Crippen LogP contribution in [0.4, 0.5) is 9.59 Å². The van der Waals surface area contributed by atoms with Gasteiger partial charge in [-0.05, 0) is 0 Å². The Morgan fingerprint density at radius 1 is 1.12 bits per heavy atom. The molecule has 0 aliphatic carbocycles. The zero-order chi connectivity index (χ0) is 5.86. The fourth-order valence-corrected chi connectivity index (χ4v) is 0.0747. The van der Waals surface area contributed by atoms with Gasteiger partial charge in [-0.1, -0.05) is 0 Å². The predicted molar refractivity (Wildman–Crippen MR) is 22.9 cm³/mol. The van der Waals surface area contributed by atoms with Crippen LogP contribution in [0, 0.1) is 0 Å². The Balaban J connectivity index is 0. The first-order valence-corrected chi connectivity index (χ1v) is 1.26. The van der Waals surface area contributed by atoms with Crippen LogP contribution in [0.3, 0.4) is 0 Å².